The molecule has 3 nitrogen and oxygen atoms in total. The van der Waals surface area contributed by atoms with Gasteiger partial charge in [-0.25, -0.2) is 9.97 Å². The van der Waals surface area contributed by atoms with Crippen LogP contribution in [0.1, 0.15) is 34.4 Å². The Morgan fingerprint density at radius 2 is 2.10 bits per heavy atom. The summed E-state index contributed by atoms with van der Waals surface area (Å²) < 4.78 is 2.18. The number of halogens is 1. The molecule has 5 heteroatoms. The lowest BCUT2D eigenvalue weighted by Gasteiger charge is -2.09. The molecule has 0 fully saturated rings. The van der Waals surface area contributed by atoms with E-state index in [0.717, 1.165) is 34.1 Å². The van der Waals surface area contributed by atoms with Crippen LogP contribution < -0.4 is 0 Å². The van der Waals surface area contributed by atoms with Crippen molar-refractivity contribution in [2.75, 3.05) is 0 Å². The summed E-state index contributed by atoms with van der Waals surface area (Å²) in [4.78, 5) is 9.20. The molecule has 0 bridgehead atoms. The van der Waals surface area contributed by atoms with Gasteiger partial charge >= 0.3 is 0 Å². The third kappa shape index (κ3) is 2.45. The van der Waals surface area contributed by atoms with Gasteiger partial charge in [-0.1, -0.05) is 6.07 Å². The van der Waals surface area contributed by atoms with Gasteiger partial charge in [-0.2, -0.15) is 0 Å². The number of thiazole rings is 1. The number of imidazole rings is 1. The topological polar surface area (TPSA) is 30.7 Å². The van der Waals surface area contributed by atoms with Crippen LogP contribution in [-0.2, 0) is 6.54 Å². The summed E-state index contributed by atoms with van der Waals surface area (Å²) in [6, 6.07) is 6.29. The molecule has 2 heterocycles. The van der Waals surface area contributed by atoms with E-state index in [1.54, 1.807) is 11.3 Å². The Hall–Kier alpha value is -1.39. The smallest absolute Gasteiger partial charge is 0.128 e. The van der Waals surface area contributed by atoms with Crippen molar-refractivity contribution in [3.8, 4) is 0 Å². The van der Waals surface area contributed by atoms with Crippen LogP contribution >= 0.6 is 22.9 Å². The fourth-order valence-corrected chi connectivity index (χ4v) is 3.13. The van der Waals surface area contributed by atoms with Gasteiger partial charge < -0.3 is 4.57 Å². The quantitative estimate of drug-likeness (QED) is 0.669. The number of fused-ring (bicyclic) bond motifs is 1. The van der Waals surface area contributed by atoms with E-state index >= 15 is 0 Å². The number of aryl methyl sites for hydroxylation is 2. The molecule has 0 aliphatic carbocycles. The van der Waals surface area contributed by atoms with Crippen LogP contribution in [0.3, 0.4) is 0 Å². The van der Waals surface area contributed by atoms with E-state index in [-0.39, 0.29) is 5.38 Å². The largest absolute Gasteiger partial charge is 0.321 e. The highest BCUT2D eigenvalue weighted by molar-refractivity contribution is 7.09. The Balaban J connectivity index is 2.15. The molecule has 0 radical (unpaired) electrons. The van der Waals surface area contributed by atoms with E-state index in [1.165, 1.54) is 5.56 Å². The number of aromatic nitrogens is 3. The van der Waals surface area contributed by atoms with Gasteiger partial charge in [-0.15, -0.1) is 22.9 Å². The Kier molecular flexibility index (Phi) is 3.52. The number of hydrogen-bond donors (Lipinski definition) is 0. The Bertz CT molecular complexity index is 758. The Labute approximate surface area is 127 Å². The zero-order chi connectivity index (χ0) is 14.3. The van der Waals surface area contributed by atoms with Gasteiger partial charge in [0.15, 0.2) is 0 Å². The molecule has 0 aliphatic rings. The van der Waals surface area contributed by atoms with Gasteiger partial charge in [0.1, 0.15) is 5.82 Å². The second-order valence-electron chi connectivity index (χ2n) is 5.02. The second kappa shape index (κ2) is 5.19. The van der Waals surface area contributed by atoms with Crippen molar-refractivity contribution >= 4 is 34.0 Å². The van der Waals surface area contributed by atoms with Crippen molar-refractivity contribution in [3.05, 3.63) is 45.7 Å². The molecule has 1 unspecified atom stereocenters. The summed E-state index contributed by atoms with van der Waals surface area (Å²) in [5.41, 5.74) is 4.40. The lowest BCUT2D eigenvalue weighted by Crippen LogP contribution is -2.06. The van der Waals surface area contributed by atoms with Gasteiger partial charge in [0.25, 0.3) is 0 Å². The molecule has 0 aliphatic heterocycles. The first-order valence-electron chi connectivity index (χ1n) is 6.56. The van der Waals surface area contributed by atoms with Crippen LogP contribution in [0.15, 0.2) is 23.6 Å². The summed E-state index contributed by atoms with van der Waals surface area (Å²) in [6.07, 6.45) is 0. The fraction of sp³-hybridized carbons (Fsp3) is 0.333. The molecule has 1 atom stereocenters. The van der Waals surface area contributed by atoms with Gasteiger partial charge in [-0.3, -0.25) is 0 Å². The first-order valence-corrected chi connectivity index (χ1v) is 7.88. The minimum absolute atomic E-state index is 0.123. The number of alkyl halides is 1. The van der Waals surface area contributed by atoms with Crippen LogP contribution in [-0.4, -0.2) is 14.5 Å². The molecule has 0 spiro atoms. The zero-order valence-electron chi connectivity index (χ0n) is 11.7. The summed E-state index contributed by atoms with van der Waals surface area (Å²) in [7, 11) is 0. The molecule has 1 aromatic carbocycles. The van der Waals surface area contributed by atoms with E-state index in [1.807, 2.05) is 13.8 Å². The number of hydrogen-bond acceptors (Lipinski definition) is 3. The molecular formula is C15H16ClN3S. The molecule has 20 heavy (non-hydrogen) atoms. The molecule has 0 amide bonds. The molecule has 0 N–H and O–H groups in total. The molecule has 0 saturated carbocycles. The highest BCUT2D eigenvalue weighted by atomic mass is 35.5. The number of rotatable bonds is 3. The van der Waals surface area contributed by atoms with Crippen LogP contribution in [0.5, 0.6) is 0 Å². The van der Waals surface area contributed by atoms with Crippen LogP contribution in [0.25, 0.3) is 11.0 Å². The average molecular weight is 306 g/mol. The summed E-state index contributed by atoms with van der Waals surface area (Å²) in [5, 5.41) is 3.06. The van der Waals surface area contributed by atoms with E-state index in [9.17, 15) is 0 Å². The minimum Gasteiger partial charge on any atom is -0.321 e. The van der Waals surface area contributed by atoms with Gasteiger partial charge in [0, 0.05) is 5.38 Å². The first kappa shape index (κ1) is 13.6. The lowest BCUT2D eigenvalue weighted by molar-refractivity contribution is 0.729. The SMILES string of the molecule is Cc1ccc2nc(C(C)Cl)n(Cc3csc(C)n3)c2c1. The highest BCUT2D eigenvalue weighted by Crippen LogP contribution is 2.26. The summed E-state index contributed by atoms with van der Waals surface area (Å²) in [6.45, 7) is 6.79. The highest BCUT2D eigenvalue weighted by Gasteiger charge is 2.16. The third-order valence-electron chi connectivity index (χ3n) is 3.28. The van der Waals surface area contributed by atoms with Gasteiger partial charge in [0.2, 0.25) is 0 Å². The molecule has 2 aromatic heterocycles. The normalized spacial score (nSPS) is 13.0. The second-order valence-corrected chi connectivity index (χ2v) is 6.74. The maximum Gasteiger partial charge on any atom is 0.128 e. The van der Waals surface area contributed by atoms with Crippen molar-refractivity contribution in [1.82, 2.24) is 14.5 Å². The summed E-state index contributed by atoms with van der Waals surface area (Å²) >= 11 is 7.96. The number of benzene rings is 1. The maximum atomic E-state index is 6.29. The molecular weight excluding hydrogens is 290 g/mol. The van der Waals surface area contributed by atoms with Crippen molar-refractivity contribution < 1.29 is 0 Å². The predicted octanol–water partition coefficient (Wildman–Crippen LogP) is 4.46. The molecule has 3 rings (SSSR count). The average Bonchev–Trinajstić information content (AvgIpc) is 2.95. The summed E-state index contributed by atoms with van der Waals surface area (Å²) in [5.74, 6) is 0.901. The van der Waals surface area contributed by atoms with E-state index in [4.69, 9.17) is 11.6 Å². The lowest BCUT2D eigenvalue weighted by atomic mass is 10.2. The minimum atomic E-state index is -0.123. The van der Waals surface area contributed by atoms with Crippen molar-refractivity contribution in [3.63, 3.8) is 0 Å². The zero-order valence-corrected chi connectivity index (χ0v) is 13.3. The predicted molar refractivity (Wildman–Crippen MR) is 84.7 cm³/mol. The van der Waals surface area contributed by atoms with Crippen LogP contribution in [0.4, 0.5) is 0 Å². The van der Waals surface area contributed by atoms with Gasteiger partial charge in [0.05, 0.1) is 33.7 Å². The van der Waals surface area contributed by atoms with E-state index in [2.05, 4.69) is 45.0 Å². The first-order chi connectivity index (χ1) is 9.54. The van der Waals surface area contributed by atoms with Crippen LogP contribution in [0, 0.1) is 13.8 Å². The van der Waals surface area contributed by atoms with Crippen molar-refractivity contribution in [2.45, 2.75) is 32.7 Å². The molecule has 0 saturated heterocycles. The standard InChI is InChI=1S/C15H16ClN3S/c1-9-4-5-13-14(6-9)19(15(18-13)10(2)16)7-12-8-20-11(3)17-12/h4-6,8,10H,7H2,1-3H3. The third-order valence-corrected chi connectivity index (χ3v) is 4.29. The van der Waals surface area contributed by atoms with Crippen molar-refractivity contribution in [1.29, 1.82) is 0 Å². The fourth-order valence-electron chi connectivity index (χ4n) is 2.36. The Morgan fingerprint density at radius 3 is 2.75 bits per heavy atom. The Morgan fingerprint density at radius 1 is 1.30 bits per heavy atom. The maximum absolute atomic E-state index is 6.29. The molecule has 104 valence electrons. The number of nitrogens with zero attached hydrogens (tertiary/aromatic N) is 3. The monoisotopic (exact) mass is 305 g/mol. The van der Waals surface area contributed by atoms with E-state index in [0.29, 0.717) is 0 Å². The van der Waals surface area contributed by atoms with E-state index < -0.39 is 0 Å². The molecule has 3 aromatic rings. The van der Waals surface area contributed by atoms with Crippen molar-refractivity contribution in [2.24, 2.45) is 0 Å². The van der Waals surface area contributed by atoms with Gasteiger partial charge in [-0.05, 0) is 38.5 Å². The van der Waals surface area contributed by atoms with Crippen LogP contribution in [0.2, 0.25) is 0 Å².